The molecule has 0 saturated heterocycles. The molecule has 0 bridgehead atoms. The van der Waals surface area contributed by atoms with E-state index in [4.69, 9.17) is 13.7 Å². The zero-order valence-corrected chi connectivity index (χ0v) is 13.6. The quantitative estimate of drug-likeness (QED) is 0.692. The number of aromatic nitrogens is 1. The van der Waals surface area contributed by atoms with Gasteiger partial charge in [-0.2, -0.15) is 0 Å². The lowest BCUT2D eigenvalue weighted by Gasteiger charge is -2.17. The minimum absolute atomic E-state index is 0.170. The van der Waals surface area contributed by atoms with Crippen molar-refractivity contribution >= 4 is 5.91 Å². The molecule has 0 aliphatic rings. The fourth-order valence-electron chi connectivity index (χ4n) is 2.36. The van der Waals surface area contributed by atoms with Crippen LogP contribution >= 0.6 is 0 Å². The van der Waals surface area contributed by atoms with Crippen LogP contribution in [-0.4, -0.2) is 29.6 Å². The van der Waals surface area contributed by atoms with Crippen molar-refractivity contribution in [3.05, 3.63) is 60.2 Å². The minimum atomic E-state index is -0.170. The van der Waals surface area contributed by atoms with E-state index in [9.17, 15) is 4.79 Å². The van der Waals surface area contributed by atoms with Gasteiger partial charge < -0.3 is 18.6 Å². The van der Waals surface area contributed by atoms with Gasteiger partial charge in [-0.05, 0) is 43.3 Å². The Morgan fingerprint density at radius 2 is 2.04 bits per heavy atom. The summed E-state index contributed by atoms with van der Waals surface area (Å²) in [6.07, 6.45) is 1.49. The van der Waals surface area contributed by atoms with Crippen molar-refractivity contribution in [3.8, 4) is 17.1 Å². The third kappa shape index (κ3) is 3.32. The number of hydrogen-bond acceptors (Lipinski definition) is 5. The lowest BCUT2D eigenvalue weighted by atomic mass is 10.1. The molecule has 0 unspecified atom stereocenters. The van der Waals surface area contributed by atoms with E-state index in [1.165, 1.54) is 6.26 Å². The Hall–Kier alpha value is -3.02. The van der Waals surface area contributed by atoms with E-state index in [-0.39, 0.29) is 5.91 Å². The molecule has 0 atom stereocenters. The molecular formula is C18H18N2O4. The van der Waals surface area contributed by atoms with Crippen molar-refractivity contribution in [3.63, 3.8) is 0 Å². The Kier molecular flexibility index (Phi) is 4.65. The Labute approximate surface area is 139 Å². The number of ether oxygens (including phenoxy) is 1. The molecule has 2 heterocycles. The van der Waals surface area contributed by atoms with Crippen molar-refractivity contribution in [1.29, 1.82) is 0 Å². The highest BCUT2D eigenvalue weighted by Crippen LogP contribution is 2.23. The van der Waals surface area contributed by atoms with Gasteiger partial charge in [0.25, 0.3) is 5.91 Å². The van der Waals surface area contributed by atoms with Crippen LogP contribution in [0.1, 0.15) is 23.2 Å². The monoisotopic (exact) mass is 326 g/mol. The first kappa shape index (κ1) is 15.9. The van der Waals surface area contributed by atoms with Gasteiger partial charge in [0.15, 0.2) is 11.5 Å². The van der Waals surface area contributed by atoms with Gasteiger partial charge in [-0.1, -0.05) is 5.16 Å². The second kappa shape index (κ2) is 7.04. The zero-order chi connectivity index (χ0) is 16.9. The van der Waals surface area contributed by atoms with Crippen LogP contribution in [0.4, 0.5) is 0 Å². The van der Waals surface area contributed by atoms with Gasteiger partial charge >= 0.3 is 0 Å². The normalized spacial score (nSPS) is 10.6. The third-order valence-electron chi connectivity index (χ3n) is 3.69. The molecule has 6 nitrogen and oxygen atoms in total. The maximum Gasteiger partial charge on any atom is 0.289 e. The van der Waals surface area contributed by atoms with E-state index in [0.717, 1.165) is 11.3 Å². The molecule has 0 spiro atoms. The summed E-state index contributed by atoms with van der Waals surface area (Å²) in [7, 11) is 1.62. The fourth-order valence-corrected chi connectivity index (χ4v) is 2.36. The third-order valence-corrected chi connectivity index (χ3v) is 3.69. The molecule has 3 rings (SSSR count). The van der Waals surface area contributed by atoms with E-state index < -0.39 is 0 Å². The Morgan fingerprint density at radius 1 is 1.25 bits per heavy atom. The van der Waals surface area contributed by atoms with Crippen LogP contribution in [0.3, 0.4) is 0 Å². The summed E-state index contributed by atoms with van der Waals surface area (Å²) in [5, 5.41) is 4.06. The van der Waals surface area contributed by atoms with Crippen LogP contribution < -0.4 is 4.74 Å². The van der Waals surface area contributed by atoms with Crippen molar-refractivity contribution in [2.75, 3.05) is 13.7 Å². The van der Waals surface area contributed by atoms with Crippen LogP contribution in [0.15, 0.2) is 57.7 Å². The number of rotatable bonds is 6. The lowest BCUT2D eigenvalue weighted by Crippen LogP contribution is -2.30. The van der Waals surface area contributed by atoms with Crippen LogP contribution in [0.2, 0.25) is 0 Å². The predicted octanol–water partition coefficient (Wildman–Crippen LogP) is 3.61. The second-order valence-corrected chi connectivity index (χ2v) is 5.21. The first-order valence-corrected chi connectivity index (χ1v) is 7.64. The Morgan fingerprint density at radius 3 is 2.67 bits per heavy atom. The molecule has 24 heavy (non-hydrogen) atoms. The topological polar surface area (TPSA) is 68.7 Å². The summed E-state index contributed by atoms with van der Waals surface area (Å²) in [4.78, 5) is 14.0. The zero-order valence-electron chi connectivity index (χ0n) is 13.6. The summed E-state index contributed by atoms with van der Waals surface area (Å²) in [5.74, 6) is 1.57. The molecule has 0 saturated carbocycles. The van der Waals surface area contributed by atoms with E-state index in [1.54, 1.807) is 24.1 Å². The summed E-state index contributed by atoms with van der Waals surface area (Å²) < 4.78 is 15.7. The average molecular weight is 326 g/mol. The SMILES string of the molecule is CCN(Cc1cc(-c2ccc(OC)cc2)on1)C(=O)c1ccco1. The van der Waals surface area contributed by atoms with Gasteiger partial charge in [0.1, 0.15) is 11.4 Å². The molecule has 0 aliphatic carbocycles. The van der Waals surface area contributed by atoms with Gasteiger partial charge in [-0.3, -0.25) is 4.79 Å². The number of amides is 1. The Balaban J connectivity index is 1.73. The highest BCUT2D eigenvalue weighted by Gasteiger charge is 2.19. The van der Waals surface area contributed by atoms with Crippen LogP contribution in [0.25, 0.3) is 11.3 Å². The van der Waals surface area contributed by atoms with Crippen molar-refractivity contribution < 1.29 is 18.5 Å². The standard InChI is InChI=1S/C18H18N2O4/c1-3-20(18(21)16-5-4-10-23-16)12-14-11-17(24-19-14)13-6-8-15(22-2)9-7-13/h4-11H,3,12H2,1-2H3. The maximum atomic E-state index is 12.3. The van der Waals surface area contributed by atoms with E-state index in [0.29, 0.717) is 30.3 Å². The van der Waals surface area contributed by atoms with Gasteiger partial charge in [0, 0.05) is 18.2 Å². The molecule has 2 aromatic heterocycles. The summed E-state index contributed by atoms with van der Waals surface area (Å²) >= 11 is 0. The molecule has 1 amide bonds. The molecule has 6 heteroatoms. The number of carbonyl (C=O) groups excluding carboxylic acids is 1. The average Bonchev–Trinajstić information content (AvgIpc) is 3.31. The van der Waals surface area contributed by atoms with E-state index in [2.05, 4.69) is 5.16 Å². The molecular weight excluding hydrogens is 308 g/mol. The van der Waals surface area contributed by atoms with Crippen LogP contribution in [0.5, 0.6) is 5.75 Å². The van der Waals surface area contributed by atoms with Gasteiger partial charge in [0.05, 0.1) is 19.9 Å². The second-order valence-electron chi connectivity index (χ2n) is 5.21. The number of furan rings is 1. The minimum Gasteiger partial charge on any atom is -0.497 e. The molecule has 0 fully saturated rings. The number of hydrogen-bond donors (Lipinski definition) is 0. The number of methoxy groups -OCH3 is 1. The molecule has 0 aliphatic heterocycles. The fraction of sp³-hybridized carbons (Fsp3) is 0.222. The molecule has 124 valence electrons. The van der Waals surface area contributed by atoms with Crippen molar-refractivity contribution in [1.82, 2.24) is 10.1 Å². The first-order valence-electron chi connectivity index (χ1n) is 7.64. The molecule has 0 N–H and O–H groups in total. The first-order chi connectivity index (χ1) is 11.7. The van der Waals surface area contributed by atoms with Crippen molar-refractivity contribution in [2.24, 2.45) is 0 Å². The van der Waals surface area contributed by atoms with Gasteiger partial charge in [-0.15, -0.1) is 0 Å². The lowest BCUT2D eigenvalue weighted by molar-refractivity contribution is 0.0717. The van der Waals surface area contributed by atoms with E-state index in [1.807, 2.05) is 37.3 Å². The highest BCUT2D eigenvalue weighted by atomic mass is 16.5. The smallest absolute Gasteiger partial charge is 0.289 e. The molecule has 1 aromatic carbocycles. The van der Waals surface area contributed by atoms with Crippen LogP contribution in [-0.2, 0) is 6.54 Å². The number of carbonyl (C=O) groups is 1. The van der Waals surface area contributed by atoms with Gasteiger partial charge in [-0.25, -0.2) is 0 Å². The summed E-state index contributed by atoms with van der Waals surface area (Å²) in [5.41, 5.74) is 1.58. The highest BCUT2D eigenvalue weighted by molar-refractivity contribution is 5.91. The largest absolute Gasteiger partial charge is 0.497 e. The maximum absolute atomic E-state index is 12.3. The Bertz CT molecular complexity index is 791. The van der Waals surface area contributed by atoms with Gasteiger partial charge in [0.2, 0.25) is 0 Å². The molecule has 3 aromatic rings. The number of benzene rings is 1. The van der Waals surface area contributed by atoms with Crippen molar-refractivity contribution in [2.45, 2.75) is 13.5 Å². The summed E-state index contributed by atoms with van der Waals surface area (Å²) in [6.45, 7) is 2.81. The predicted molar refractivity (Wildman–Crippen MR) is 87.6 cm³/mol. The van der Waals surface area contributed by atoms with Crippen LogP contribution in [0, 0.1) is 0 Å². The molecule has 0 radical (unpaired) electrons. The number of nitrogens with zero attached hydrogens (tertiary/aromatic N) is 2. The van der Waals surface area contributed by atoms with E-state index >= 15 is 0 Å². The summed E-state index contributed by atoms with van der Waals surface area (Å²) in [6, 6.07) is 12.7.